The van der Waals surface area contributed by atoms with E-state index < -0.39 is 10.8 Å². The lowest BCUT2D eigenvalue weighted by molar-refractivity contribution is -0.105. The molecule has 1 aromatic rings. The number of carbonyl (C=O) groups is 1. The van der Waals surface area contributed by atoms with Gasteiger partial charge in [0.15, 0.2) is 0 Å². The molecular weight excluding hydrogens is 244 g/mol. The van der Waals surface area contributed by atoms with Gasteiger partial charge in [-0.05, 0) is 24.6 Å². The van der Waals surface area contributed by atoms with Crippen molar-refractivity contribution in [3.8, 4) is 0 Å². The lowest BCUT2D eigenvalue weighted by atomic mass is 10.1. The molecule has 2 unspecified atom stereocenters. The molecule has 0 aliphatic carbocycles. The Morgan fingerprint density at radius 3 is 2.94 bits per heavy atom. The van der Waals surface area contributed by atoms with Crippen molar-refractivity contribution in [2.75, 3.05) is 11.6 Å². The molecule has 0 radical (unpaired) electrons. The number of rotatable bonds is 5. The Morgan fingerprint density at radius 2 is 2.38 bits per heavy atom. The van der Waals surface area contributed by atoms with E-state index in [1.165, 1.54) is 0 Å². The molecule has 0 saturated heterocycles. The minimum Gasteiger partial charge on any atom is -0.313 e. The molecule has 2 atom stereocenters. The maximum absolute atomic E-state index is 11.3. The highest BCUT2D eigenvalue weighted by Crippen LogP contribution is 2.12. The van der Waals surface area contributed by atoms with Gasteiger partial charge in [-0.15, -0.1) is 0 Å². The fourth-order valence-electron chi connectivity index (χ4n) is 1.11. The van der Waals surface area contributed by atoms with Crippen molar-refractivity contribution in [3.63, 3.8) is 0 Å². The van der Waals surface area contributed by atoms with Crippen LogP contribution in [0.4, 0.5) is 5.82 Å². The van der Waals surface area contributed by atoms with E-state index in [2.05, 4.69) is 10.3 Å². The fraction of sp³-hybridized carbons (Fsp3) is 0.300. The largest absolute Gasteiger partial charge is 0.313 e. The highest BCUT2D eigenvalue weighted by atomic mass is 32.2. The molecule has 0 aromatic carbocycles. The van der Waals surface area contributed by atoms with E-state index in [-0.39, 0.29) is 5.25 Å². The maximum atomic E-state index is 11.3. The predicted octanol–water partition coefficient (Wildman–Crippen LogP) is 1.13. The molecular formula is C10H12N2O2S2. The van der Waals surface area contributed by atoms with Crippen LogP contribution in [0, 0.1) is 0 Å². The van der Waals surface area contributed by atoms with Crippen molar-refractivity contribution in [2.24, 2.45) is 0 Å². The van der Waals surface area contributed by atoms with Crippen LogP contribution in [0.1, 0.15) is 12.5 Å². The number of anilines is 1. The molecule has 0 aliphatic rings. The average Bonchev–Trinajstić information content (AvgIpc) is 2.28. The number of pyridine rings is 1. The fourth-order valence-corrected chi connectivity index (χ4v) is 2.08. The quantitative estimate of drug-likeness (QED) is 0.487. The molecule has 4 nitrogen and oxygen atoms in total. The topological polar surface area (TPSA) is 59.1 Å². The van der Waals surface area contributed by atoms with Crippen molar-refractivity contribution < 1.29 is 9.00 Å². The molecule has 1 heterocycles. The van der Waals surface area contributed by atoms with Crippen LogP contribution in [-0.2, 0) is 15.6 Å². The van der Waals surface area contributed by atoms with Crippen molar-refractivity contribution >= 4 is 40.1 Å². The number of thiocarbonyl (C=S) groups is 1. The first-order chi connectivity index (χ1) is 7.56. The van der Waals surface area contributed by atoms with E-state index in [1.54, 1.807) is 24.6 Å². The Labute approximate surface area is 102 Å². The first-order valence-corrected chi connectivity index (χ1v) is 6.62. The first kappa shape index (κ1) is 12.9. The molecule has 1 aromatic heterocycles. The van der Waals surface area contributed by atoms with Gasteiger partial charge < -0.3 is 5.32 Å². The molecule has 1 N–H and O–H groups in total. The maximum Gasteiger partial charge on any atom is 0.212 e. The van der Waals surface area contributed by atoms with E-state index in [4.69, 9.17) is 12.2 Å². The van der Waals surface area contributed by atoms with E-state index in [1.807, 2.05) is 6.92 Å². The van der Waals surface area contributed by atoms with Crippen LogP contribution in [0.25, 0.3) is 0 Å². The van der Waals surface area contributed by atoms with Crippen LogP contribution >= 0.6 is 12.2 Å². The molecule has 0 fully saturated rings. The Bertz CT molecular complexity index is 435. The predicted molar refractivity (Wildman–Crippen MR) is 69.2 cm³/mol. The molecule has 1 amide bonds. The van der Waals surface area contributed by atoms with E-state index in [9.17, 15) is 9.00 Å². The standard InChI is InChI=1S/C10H12N2O2S2/c1-7(16(2)14)10(15)8-3-4-11-9(5-8)12-6-13/h3-7H,1-2H3,(H,11,12,13). The Hall–Kier alpha value is -1.14. The number of nitrogens with one attached hydrogen (secondary N) is 1. The second-order valence-electron chi connectivity index (χ2n) is 3.20. The summed E-state index contributed by atoms with van der Waals surface area (Å²) in [6.45, 7) is 1.81. The number of nitrogens with zero attached hydrogens (tertiary/aromatic N) is 1. The third-order valence-electron chi connectivity index (χ3n) is 2.12. The van der Waals surface area contributed by atoms with Gasteiger partial charge in [0.1, 0.15) is 5.82 Å². The van der Waals surface area contributed by atoms with Crippen LogP contribution in [-0.4, -0.2) is 32.0 Å². The molecule has 0 spiro atoms. The van der Waals surface area contributed by atoms with E-state index in [0.29, 0.717) is 17.1 Å². The van der Waals surface area contributed by atoms with Crippen LogP contribution in [0.3, 0.4) is 0 Å². The summed E-state index contributed by atoms with van der Waals surface area (Å²) in [6.07, 6.45) is 3.72. The van der Waals surface area contributed by atoms with Gasteiger partial charge >= 0.3 is 0 Å². The summed E-state index contributed by atoms with van der Waals surface area (Å²) < 4.78 is 11.3. The second kappa shape index (κ2) is 5.81. The van der Waals surface area contributed by atoms with Gasteiger partial charge in [-0.25, -0.2) is 4.98 Å². The lowest BCUT2D eigenvalue weighted by Crippen LogP contribution is -2.21. The molecule has 0 saturated carbocycles. The summed E-state index contributed by atoms with van der Waals surface area (Å²) in [7, 11) is -1.00. The van der Waals surface area contributed by atoms with E-state index in [0.717, 1.165) is 5.56 Å². The average molecular weight is 256 g/mol. The minimum absolute atomic E-state index is 0.193. The van der Waals surface area contributed by atoms with Crippen LogP contribution < -0.4 is 5.32 Å². The number of hydrogen-bond acceptors (Lipinski definition) is 4. The van der Waals surface area contributed by atoms with Gasteiger partial charge in [0, 0.05) is 28.1 Å². The van der Waals surface area contributed by atoms with Crippen LogP contribution in [0.2, 0.25) is 0 Å². The molecule has 0 bridgehead atoms. The normalized spacial score (nSPS) is 13.9. The van der Waals surface area contributed by atoms with Crippen LogP contribution in [0.15, 0.2) is 18.3 Å². The molecule has 86 valence electrons. The van der Waals surface area contributed by atoms with Gasteiger partial charge in [0.05, 0.1) is 5.25 Å². The summed E-state index contributed by atoms with van der Waals surface area (Å²) >= 11 is 5.23. The molecule has 16 heavy (non-hydrogen) atoms. The third-order valence-corrected chi connectivity index (χ3v) is 4.09. The lowest BCUT2D eigenvalue weighted by Gasteiger charge is -2.10. The molecule has 0 aliphatic heterocycles. The van der Waals surface area contributed by atoms with Crippen molar-refractivity contribution in [3.05, 3.63) is 23.9 Å². The van der Waals surface area contributed by atoms with Crippen LogP contribution in [0.5, 0.6) is 0 Å². The molecule has 6 heteroatoms. The van der Waals surface area contributed by atoms with Gasteiger partial charge in [0.2, 0.25) is 6.41 Å². The Balaban J connectivity index is 2.95. The smallest absolute Gasteiger partial charge is 0.212 e. The van der Waals surface area contributed by atoms with Crippen molar-refractivity contribution in [1.82, 2.24) is 4.98 Å². The van der Waals surface area contributed by atoms with Gasteiger partial charge in [0.25, 0.3) is 0 Å². The highest BCUT2D eigenvalue weighted by molar-refractivity contribution is 7.89. The summed E-state index contributed by atoms with van der Waals surface area (Å²) in [5, 5.41) is 2.25. The summed E-state index contributed by atoms with van der Waals surface area (Å²) in [4.78, 5) is 14.8. The summed E-state index contributed by atoms with van der Waals surface area (Å²) in [6, 6.07) is 3.40. The number of carbonyl (C=O) groups excluding carboxylic acids is 1. The Morgan fingerprint density at radius 1 is 1.69 bits per heavy atom. The second-order valence-corrected chi connectivity index (χ2v) is 5.34. The SMILES string of the molecule is CC(C(=S)c1ccnc(NC=O)c1)S(C)=O. The number of aromatic nitrogens is 1. The minimum atomic E-state index is -1.00. The summed E-state index contributed by atoms with van der Waals surface area (Å²) in [5.41, 5.74) is 0.761. The Kier molecular flexibility index (Phi) is 4.70. The van der Waals surface area contributed by atoms with Crippen molar-refractivity contribution in [1.29, 1.82) is 0 Å². The highest BCUT2D eigenvalue weighted by Gasteiger charge is 2.14. The van der Waals surface area contributed by atoms with Gasteiger partial charge in [-0.3, -0.25) is 9.00 Å². The zero-order valence-electron chi connectivity index (χ0n) is 8.97. The van der Waals surface area contributed by atoms with Gasteiger partial charge in [-0.2, -0.15) is 0 Å². The van der Waals surface area contributed by atoms with Gasteiger partial charge in [-0.1, -0.05) is 12.2 Å². The van der Waals surface area contributed by atoms with E-state index >= 15 is 0 Å². The number of hydrogen-bond donors (Lipinski definition) is 1. The van der Waals surface area contributed by atoms with Crippen molar-refractivity contribution in [2.45, 2.75) is 12.2 Å². The summed E-state index contributed by atoms with van der Waals surface area (Å²) in [5.74, 6) is 0.434. The monoisotopic (exact) mass is 256 g/mol. The number of amides is 1. The molecule has 1 rings (SSSR count). The zero-order valence-corrected chi connectivity index (χ0v) is 10.6. The first-order valence-electron chi connectivity index (χ1n) is 4.59. The third kappa shape index (κ3) is 3.18. The zero-order chi connectivity index (χ0) is 12.1.